The highest BCUT2D eigenvalue weighted by Crippen LogP contribution is 2.27. The Balaban J connectivity index is 2.15. The standard InChI is InChI=1S/C14H19NO4/c1-14(2,3)19-13(17)15-6-7-18-12-5-4-11(16)8-10(12)9-15/h4-5,8,16H,6-7,9H2,1-3H3. The zero-order chi connectivity index (χ0) is 14.0. The fourth-order valence-corrected chi connectivity index (χ4v) is 1.86. The quantitative estimate of drug-likeness (QED) is 0.783. The number of phenols is 1. The maximum absolute atomic E-state index is 12.0. The number of fused-ring (bicyclic) bond motifs is 1. The molecule has 0 fully saturated rings. The fraction of sp³-hybridized carbons (Fsp3) is 0.500. The van der Waals surface area contributed by atoms with Crippen LogP contribution in [0, 0.1) is 0 Å². The van der Waals surface area contributed by atoms with Crippen molar-refractivity contribution in [1.82, 2.24) is 4.90 Å². The molecule has 0 spiro atoms. The highest BCUT2D eigenvalue weighted by molar-refractivity contribution is 5.68. The fourth-order valence-electron chi connectivity index (χ4n) is 1.86. The first-order valence-corrected chi connectivity index (χ1v) is 6.28. The van der Waals surface area contributed by atoms with Gasteiger partial charge in [0.05, 0.1) is 13.1 Å². The third-order valence-corrected chi connectivity index (χ3v) is 2.68. The van der Waals surface area contributed by atoms with Crippen LogP contribution in [-0.2, 0) is 11.3 Å². The zero-order valence-electron chi connectivity index (χ0n) is 11.5. The lowest BCUT2D eigenvalue weighted by Gasteiger charge is -2.26. The summed E-state index contributed by atoms with van der Waals surface area (Å²) in [6.07, 6.45) is -0.368. The molecule has 0 aliphatic carbocycles. The minimum atomic E-state index is -0.522. The molecule has 0 radical (unpaired) electrons. The van der Waals surface area contributed by atoms with Crippen LogP contribution in [0.5, 0.6) is 11.5 Å². The number of phenolic OH excluding ortho intramolecular Hbond substituents is 1. The lowest BCUT2D eigenvalue weighted by molar-refractivity contribution is 0.0225. The van der Waals surface area contributed by atoms with Gasteiger partial charge in [-0.1, -0.05) is 0 Å². The molecule has 1 aliphatic heterocycles. The number of ether oxygens (including phenoxy) is 2. The predicted molar refractivity (Wildman–Crippen MR) is 70.2 cm³/mol. The monoisotopic (exact) mass is 265 g/mol. The van der Waals surface area contributed by atoms with E-state index in [0.29, 0.717) is 25.4 Å². The summed E-state index contributed by atoms with van der Waals surface area (Å²) in [4.78, 5) is 13.6. The van der Waals surface area contributed by atoms with Gasteiger partial charge < -0.3 is 19.5 Å². The molecular formula is C14H19NO4. The third kappa shape index (κ3) is 3.53. The molecule has 5 nitrogen and oxygen atoms in total. The summed E-state index contributed by atoms with van der Waals surface area (Å²) < 4.78 is 10.9. The van der Waals surface area contributed by atoms with Crippen LogP contribution in [-0.4, -0.2) is 34.9 Å². The number of amides is 1. The number of carbonyl (C=O) groups is 1. The molecule has 1 aromatic carbocycles. The van der Waals surface area contributed by atoms with E-state index in [4.69, 9.17) is 9.47 Å². The molecule has 0 bridgehead atoms. The number of hydrogen-bond donors (Lipinski definition) is 1. The molecule has 1 heterocycles. The second-order valence-electron chi connectivity index (χ2n) is 5.54. The first-order chi connectivity index (χ1) is 8.85. The van der Waals surface area contributed by atoms with Crippen molar-refractivity contribution in [2.75, 3.05) is 13.2 Å². The zero-order valence-corrected chi connectivity index (χ0v) is 11.5. The Hall–Kier alpha value is -1.91. The van der Waals surface area contributed by atoms with Gasteiger partial charge in [-0.2, -0.15) is 0 Å². The van der Waals surface area contributed by atoms with Gasteiger partial charge in [0.15, 0.2) is 0 Å². The van der Waals surface area contributed by atoms with Crippen molar-refractivity contribution in [2.24, 2.45) is 0 Å². The molecule has 1 aliphatic rings. The largest absolute Gasteiger partial charge is 0.508 e. The van der Waals surface area contributed by atoms with E-state index in [9.17, 15) is 9.90 Å². The SMILES string of the molecule is CC(C)(C)OC(=O)N1CCOc2ccc(O)cc2C1. The summed E-state index contributed by atoms with van der Waals surface area (Å²) in [5.74, 6) is 0.859. The van der Waals surface area contributed by atoms with Crippen LogP contribution in [0.1, 0.15) is 26.3 Å². The second-order valence-corrected chi connectivity index (χ2v) is 5.54. The number of hydrogen-bond acceptors (Lipinski definition) is 4. The summed E-state index contributed by atoms with van der Waals surface area (Å²) in [6.45, 7) is 6.75. The molecule has 0 saturated carbocycles. The van der Waals surface area contributed by atoms with E-state index in [1.54, 1.807) is 23.1 Å². The van der Waals surface area contributed by atoms with Crippen LogP contribution < -0.4 is 4.74 Å². The van der Waals surface area contributed by atoms with Crippen LogP contribution in [0.3, 0.4) is 0 Å². The summed E-state index contributed by atoms with van der Waals surface area (Å²) in [6, 6.07) is 4.89. The average molecular weight is 265 g/mol. The van der Waals surface area contributed by atoms with Crippen molar-refractivity contribution in [3.8, 4) is 11.5 Å². The maximum atomic E-state index is 12.0. The number of carbonyl (C=O) groups excluding carboxylic acids is 1. The Bertz CT molecular complexity index is 479. The lowest BCUT2D eigenvalue weighted by atomic mass is 10.2. The molecular weight excluding hydrogens is 246 g/mol. The summed E-state index contributed by atoms with van der Waals surface area (Å²) in [5.41, 5.74) is 0.259. The summed E-state index contributed by atoms with van der Waals surface area (Å²) in [7, 11) is 0. The van der Waals surface area contributed by atoms with Crippen molar-refractivity contribution in [2.45, 2.75) is 32.9 Å². The van der Waals surface area contributed by atoms with Crippen molar-refractivity contribution in [3.63, 3.8) is 0 Å². The molecule has 0 aromatic heterocycles. The van der Waals surface area contributed by atoms with Crippen LogP contribution in [0.4, 0.5) is 4.79 Å². The highest BCUT2D eigenvalue weighted by atomic mass is 16.6. The van der Waals surface area contributed by atoms with E-state index >= 15 is 0 Å². The normalized spacial score (nSPS) is 15.2. The number of benzene rings is 1. The number of nitrogens with zero attached hydrogens (tertiary/aromatic N) is 1. The predicted octanol–water partition coefficient (Wildman–Crippen LogP) is 2.52. The molecule has 0 atom stereocenters. The molecule has 0 saturated heterocycles. The van der Waals surface area contributed by atoms with E-state index in [2.05, 4.69) is 0 Å². The molecule has 104 valence electrons. The third-order valence-electron chi connectivity index (χ3n) is 2.68. The second kappa shape index (κ2) is 4.99. The molecule has 1 aromatic rings. The maximum Gasteiger partial charge on any atom is 0.410 e. The molecule has 19 heavy (non-hydrogen) atoms. The van der Waals surface area contributed by atoms with Crippen molar-refractivity contribution in [3.05, 3.63) is 23.8 Å². The smallest absolute Gasteiger partial charge is 0.410 e. The first kappa shape index (κ1) is 13.5. The van der Waals surface area contributed by atoms with Crippen LogP contribution >= 0.6 is 0 Å². The molecule has 2 rings (SSSR count). The van der Waals surface area contributed by atoms with Crippen molar-refractivity contribution >= 4 is 6.09 Å². The van der Waals surface area contributed by atoms with Crippen molar-refractivity contribution in [1.29, 1.82) is 0 Å². The van der Waals surface area contributed by atoms with Gasteiger partial charge in [-0.05, 0) is 39.0 Å². The van der Waals surface area contributed by atoms with Crippen LogP contribution in [0.15, 0.2) is 18.2 Å². The Morgan fingerprint density at radius 2 is 2.16 bits per heavy atom. The first-order valence-electron chi connectivity index (χ1n) is 6.28. The van der Waals surface area contributed by atoms with Gasteiger partial charge in [-0.25, -0.2) is 4.79 Å². The van der Waals surface area contributed by atoms with Gasteiger partial charge in [-0.3, -0.25) is 0 Å². The summed E-state index contributed by atoms with van der Waals surface area (Å²) >= 11 is 0. The van der Waals surface area contributed by atoms with Gasteiger partial charge in [0.25, 0.3) is 0 Å². The van der Waals surface area contributed by atoms with Gasteiger partial charge in [0, 0.05) is 5.56 Å². The van der Waals surface area contributed by atoms with E-state index in [1.165, 1.54) is 0 Å². The molecule has 1 N–H and O–H groups in total. The Morgan fingerprint density at radius 3 is 2.84 bits per heavy atom. The summed E-state index contributed by atoms with van der Waals surface area (Å²) in [5, 5.41) is 9.50. The van der Waals surface area contributed by atoms with Gasteiger partial charge in [0.1, 0.15) is 23.7 Å². The Morgan fingerprint density at radius 1 is 1.42 bits per heavy atom. The van der Waals surface area contributed by atoms with E-state index in [-0.39, 0.29) is 11.8 Å². The van der Waals surface area contributed by atoms with Gasteiger partial charge in [-0.15, -0.1) is 0 Å². The van der Waals surface area contributed by atoms with E-state index in [1.807, 2.05) is 20.8 Å². The van der Waals surface area contributed by atoms with Gasteiger partial charge >= 0.3 is 6.09 Å². The van der Waals surface area contributed by atoms with Crippen LogP contribution in [0.2, 0.25) is 0 Å². The minimum Gasteiger partial charge on any atom is -0.508 e. The average Bonchev–Trinajstić information content (AvgIpc) is 2.48. The lowest BCUT2D eigenvalue weighted by Crippen LogP contribution is -2.37. The number of aromatic hydroxyl groups is 1. The van der Waals surface area contributed by atoms with E-state index in [0.717, 1.165) is 5.56 Å². The van der Waals surface area contributed by atoms with Crippen LogP contribution in [0.25, 0.3) is 0 Å². The minimum absolute atomic E-state index is 0.161. The molecule has 0 unspecified atom stereocenters. The molecule has 1 amide bonds. The number of rotatable bonds is 0. The van der Waals surface area contributed by atoms with E-state index < -0.39 is 5.60 Å². The van der Waals surface area contributed by atoms with Gasteiger partial charge in [0.2, 0.25) is 0 Å². The Kier molecular flexibility index (Phi) is 3.55. The van der Waals surface area contributed by atoms with Crippen molar-refractivity contribution < 1.29 is 19.4 Å². The molecule has 5 heteroatoms. The highest BCUT2D eigenvalue weighted by Gasteiger charge is 2.25. The Labute approximate surface area is 112 Å². The topological polar surface area (TPSA) is 59.0 Å².